The summed E-state index contributed by atoms with van der Waals surface area (Å²) in [7, 11) is 3.89. The van der Waals surface area contributed by atoms with Gasteiger partial charge in [0.05, 0.1) is 0 Å². The van der Waals surface area contributed by atoms with Crippen LogP contribution in [0.1, 0.15) is 31.2 Å². The summed E-state index contributed by atoms with van der Waals surface area (Å²) in [5.41, 5.74) is 0. The molecule has 0 aliphatic heterocycles. The van der Waals surface area contributed by atoms with Crippen molar-refractivity contribution >= 4 is 27.4 Å². The maximum Gasteiger partial charge on any atom is 0.191 e. The lowest BCUT2D eigenvalue weighted by Gasteiger charge is -2.24. The predicted octanol–water partition coefficient (Wildman–Crippen LogP) is 2.83. The molecule has 2 atom stereocenters. The van der Waals surface area contributed by atoms with Crippen molar-refractivity contribution in [1.29, 1.82) is 0 Å². The molecule has 5 nitrogen and oxygen atoms in total. The zero-order chi connectivity index (χ0) is 18.2. The molecule has 138 valence electrons. The lowest BCUT2D eigenvalue weighted by Crippen LogP contribution is -2.43. The van der Waals surface area contributed by atoms with E-state index in [0.29, 0.717) is 12.6 Å². The van der Waals surface area contributed by atoms with Gasteiger partial charge in [-0.3, -0.25) is 4.99 Å². The van der Waals surface area contributed by atoms with Gasteiger partial charge in [-0.15, -0.1) is 11.3 Å². The van der Waals surface area contributed by atoms with Crippen LogP contribution in [0.4, 0.5) is 0 Å². The summed E-state index contributed by atoms with van der Waals surface area (Å²) in [6.45, 7) is 6.64. The minimum absolute atomic E-state index is 0.438. The van der Waals surface area contributed by atoms with Crippen molar-refractivity contribution in [3.05, 3.63) is 35.2 Å². The first-order chi connectivity index (χ1) is 12.0. The number of likely N-dealkylation sites (N-methyl/N-ethyl adjacent to an activating group) is 1. The maximum atomic E-state index is 10.4. The van der Waals surface area contributed by atoms with Crippen molar-refractivity contribution in [2.45, 2.75) is 32.4 Å². The average molecular weight is 363 g/mol. The van der Waals surface area contributed by atoms with Crippen LogP contribution in [-0.4, -0.2) is 55.7 Å². The highest BCUT2D eigenvalue weighted by Crippen LogP contribution is 2.29. The largest absolute Gasteiger partial charge is 0.386 e. The number of benzene rings is 1. The monoisotopic (exact) mass is 362 g/mol. The lowest BCUT2D eigenvalue weighted by atomic mass is 10.2. The summed E-state index contributed by atoms with van der Waals surface area (Å²) in [6.07, 6.45) is 0.601. The molecule has 1 aromatic heterocycles. The van der Waals surface area contributed by atoms with Crippen LogP contribution in [0.25, 0.3) is 10.1 Å². The molecular weight excluding hydrogens is 332 g/mol. The fourth-order valence-electron chi connectivity index (χ4n) is 2.56. The highest BCUT2D eigenvalue weighted by Gasteiger charge is 2.12. The van der Waals surface area contributed by atoms with Crippen LogP contribution in [0.15, 0.2) is 35.3 Å². The second-order valence-electron chi connectivity index (χ2n) is 6.32. The molecule has 2 aromatic rings. The number of nitrogens with zero attached hydrogens (tertiary/aromatic N) is 2. The standard InChI is InChI=1S/C19H30N4OS/c1-5-14(2)23(4)11-10-21-19(20-3)22-13-16(24)18-12-15-8-6-7-9-17(15)25-18/h6-9,12,14,16,24H,5,10-11,13H2,1-4H3,(H2,20,21,22). The molecule has 0 fully saturated rings. The number of thiophene rings is 1. The smallest absolute Gasteiger partial charge is 0.191 e. The van der Waals surface area contributed by atoms with E-state index >= 15 is 0 Å². The predicted molar refractivity (Wildman–Crippen MR) is 109 cm³/mol. The minimum Gasteiger partial charge on any atom is -0.386 e. The molecule has 0 saturated carbocycles. The molecule has 6 heteroatoms. The minimum atomic E-state index is -0.543. The van der Waals surface area contributed by atoms with Crippen LogP contribution in [0.2, 0.25) is 0 Å². The number of aliphatic hydroxyl groups is 1. The number of aliphatic imine (C=N–C) groups is 1. The summed E-state index contributed by atoms with van der Waals surface area (Å²) in [4.78, 5) is 7.53. The Balaban J connectivity index is 1.79. The van der Waals surface area contributed by atoms with Crippen LogP contribution >= 0.6 is 11.3 Å². The van der Waals surface area contributed by atoms with Gasteiger partial charge >= 0.3 is 0 Å². The Kier molecular flexibility index (Phi) is 7.68. The van der Waals surface area contributed by atoms with E-state index in [1.54, 1.807) is 18.4 Å². The molecule has 0 aliphatic rings. The van der Waals surface area contributed by atoms with Crippen LogP contribution < -0.4 is 10.6 Å². The van der Waals surface area contributed by atoms with Crippen molar-refractivity contribution in [2.75, 3.05) is 33.7 Å². The van der Waals surface area contributed by atoms with E-state index in [1.165, 1.54) is 10.1 Å². The van der Waals surface area contributed by atoms with Crippen LogP contribution in [-0.2, 0) is 0 Å². The molecule has 0 aliphatic carbocycles. The van der Waals surface area contributed by atoms with Gasteiger partial charge in [-0.25, -0.2) is 0 Å². The molecule has 0 radical (unpaired) electrons. The topological polar surface area (TPSA) is 59.9 Å². The maximum absolute atomic E-state index is 10.4. The van der Waals surface area contributed by atoms with Gasteiger partial charge in [-0.1, -0.05) is 25.1 Å². The first kappa shape index (κ1) is 19.7. The van der Waals surface area contributed by atoms with Crippen LogP contribution in [0.5, 0.6) is 0 Å². The highest BCUT2D eigenvalue weighted by atomic mass is 32.1. The van der Waals surface area contributed by atoms with E-state index in [1.807, 2.05) is 12.1 Å². The molecule has 0 spiro atoms. The van der Waals surface area contributed by atoms with Crippen molar-refractivity contribution in [3.8, 4) is 0 Å². The number of guanidine groups is 1. The molecule has 2 unspecified atom stereocenters. The Bertz CT molecular complexity index is 652. The lowest BCUT2D eigenvalue weighted by molar-refractivity contribution is 0.184. The van der Waals surface area contributed by atoms with Gasteiger partial charge in [-0.2, -0.15) is 0 Å². The van der Waals surface area contributed by atoms with Crippen LogP contribution in [0.3, 0.4) is 0 Å². The van der Waals surface area contributed by atoms with E-state index in [0.717, 1.165) is 30.3 Å². The fraction of sp³-hybridized carbons (Fsp3) is 0.526. The quantitative estimate of drug-likeness (QED) is 0.499. The van der Waals surface area contributed by atoms with Gasteiger partial charge in [0.25, 0.3) is 0 Å². The van der Waals surface area contributed by atoms with Gasteiger partial charge in [0.1, 0.15) is 6.10 Å². The molecular formula is C19H30N4OS. The Labute approximate surface area is 154 Å². The Morgan fingerprint density at radius 3 is 2.76 bits per heavy atom. The molecule has 0 saturated heterocycles. The van der Waals surface area contributed by atoms with Crippen molar-refractivity contribution in [1.82, 2.24) is 15.5 Å². The van der Waals surface area contributed by atoms with E-state index in [9.17, 15) is 5.11 Å². The number of nitrogens with one attached hydrogen (secondary N) is 2. The van der Waals surface area contributed by atoms with Crippen molar-refractivity contribution < 1.29 is 5.11 Å². The fourth-order valence-corrected chi connectivity index (χ4v) is 3.61. The summed E-state index contributed by atoms with van der Waals surface area (Å²) in [6, 6.07) is 10.8. The second-order valence-corrected chi connectivity index (χ2v) is 7.44. The number of rotatable bonds is 8. The van der Waals surface area contributed by atoms with Gasteiger partial charge in [0.2, 0.25) is 0 Å². The van der Waals surface area contributed by atoms with Crippen molar-refractivity contribution in [2.24, 2.45) is 4.99 Å². The summed E-state index contributed by atoms with van der Waals surface area (Å²) >= 11 is 1.64. The van der Waals surface area contributed by atoms with Gasteiger partial charge in [0.15, 0.2) is 5.96 Å². The third kappa shape index (κ3) is 5.70. The van der Waals surface area contributed by atoms with E-state index in [2.05, 4.69) is 59.6 Å². The Hall–Kier alpha value is -1.63. The molecule has 0 amide bonds. The summed E-state index contributed by atoms with van der Waals surface area (Å²) < 4.78 is 1.20. The first-order valence-electron chi connectivity index (χ1n) is 8.86. The molecule has 3 N–H and O–H groups in total. The van der Waals surface area contributed by atoms with Gasteiger partial charge in [-0.05, 0) is 37.9 Å². The Morgan fingerprint density at radius 1 is 1.32 bits per heavy atom. The van der Waals surface area contributed by atoms with Crippen LogP contribution in [0, 0.1) is 0 Å². The Morgan fingerprint density at radius 2 is 2.08 bits per heavy atom. The summed E-state index contributed by atoms with van der Waals surface area (Å²) in [5.74, 6) is 0.720. The number of fused-ring (bicyclic) bond motifs is 1. The number of hydrogen-bond donors (Lipinski definition) is 3. The second kappa shape index (κ2) is 9.75. The molecule has 1 aromatic carbocycles. The molecule has 0 bridgehead atoms. The first-order valence-corrected chi connectivity index (χ1v) is 9.68. The number of hydrogen-bond acceptors (Lipinski definition) is 4. The molecule has 25 heavy (non-hydrogen) atoms. The normalized spacial score (nSPS) is 14.7. The average Bonchev–Trinajstić information content (AvgIpc) is 3.07. The van der Waals surface area contributed by atoms with E-state index in [4.69, 9.17) is 0 Å². The zero-order valence-electron chi connectivity index (χ0n) is 15.6. The molecule has 2 rings (SSSR count). The highest BCUT2D eigenvalue weighted by molar-refractivity contribution is 7.19. The van der Waals surface area contributed by atoms with E-state index < -0.39 is 6.10 Å². The van der Waals surface area contributed by atoms with Gasteiger partial charge < -0.3 is 20.6 Å². The van der Waals surface area contributed by atoms with E-state index in [-0.39, 0.29) is 0 Å². The SMILES string of the molecule is CCC(C)N(C)CCNC(=NC)NCC(O)c1cc2ccccc2s1. The summed E-state index contributed by atoms with van der Waals surface area (Å²) in [5, 5.41) is 18.1. The third-order valence-electron chi connectivity index (χ3n) is 4.56. The van der Waals surface area contributed by atoms with Crippen molar-refractivity contribution in [3.63, 3.8) is 0 Å². The third-order valence-corrected chi connectivity index (χ3v) is 5.78. The zero-order valence-corrected chi connectivity index (χ0v) is 16.4. The van der Waals surface area contributed by atoms with Gasteiger partial charge in [0, 0.05) is 42.3 Å². The molecule has 1 heterocycles. The number of aliphatic hydroxyl groups excluding tert-OH is 1.